The highest BCUT2D eigenvalue weighted by molar-refractivity contribution is 7.85. The van der Waals surface area contributed by atoms with Gasteiger partial charge in [-0.25, -0.2) is 0 Å². The lowest BCUT2D eigenvalue weighted by molar-refractivity contribution is -0.207. The zero-order valence-corrected chi connectivity index (χ0v) is 24.3. The van der Waals surface area contributed by atoms with Crippen LogP contribution in [0.2, 0.25) is 0 Å². The standard InChI is InChI=1S/C28H48N2O8S/c1-16(4-7-24(34)30-15-25(35)29-10-11-39(36,37)38)19-5-6-20-26-21(14-23(33)28(19,20)3)27(2)9-8-18(31)12-17(27)13-22(26)32/h16-23,26,31-33H,4-15H2,1-3H3,(H,29,35)(H,30,34)(H,36,37,38). The summed E-state index contributed by atoms with van der Waals surface area (Å²) < 4.78 is 30.2. The van der Waals surface area contributed by atoms with E-state index in [0.717, 1.165) is 38.5 Å². The highest BCUT2D eigenvalue weighted by atomic mass is 32.2. The van der Waals surface area contributed by atoms with Crippen LogP contribution in [0.5, 0.6) is 0 Å². The molecule has 4 fully saturated rings. The van der Waals surface area contributed by atoms with Gasteiger partial charge in [0, 0.05) is 13.0 Å². The van der Waals surface area contributed by atoms with Gasteiger partial charge in [0.2, 0.25) is 11.8 Å². The number of fused-ring (bicyclic) bond motifs is 5. The van der Waals surface area contributed by atoms with Gasteiger partial charge in [0.1, 0.15) is 0 Å². The third-order valence-corrected chi connectivity index (χ3v) is 12.2. The number of nitrogens with one attached hydrogen (secondary N) is 2. The number of aliphatic hydroxyl groups is 3. The minimum atomic E-state index is -4.16. The number of aliphatic hydroxyl groups excluding tert-OH is 3. The van der Waals surface area contributed by atoms with Gasteiger partial charge in [0.25, 0.3) is 10.1 Å². The average molecular weight is 573 g/mol. The number of hydrogen-bond donors (Lipinski definition) is 6. The van der Waals surface area contributed by atoms with Crippen LogP contribution in [0.1, 0.15) is 78.6 Å². The Balaban J connectivity index is 1.33. The smallest absolute Gasteiger partial charge is 0.266 e. The molecule has 0 aromatic carbocycles. The Hall–Kier alpha value is -1.27. The number of hydrogen-bond acceptors (Lipinski definition) is 7. The van der Waals surface area contributed by atoms with Crippen molar-refractivity contribution < 1.29 is 37.9 Å². The van der Waals surface area contributed by atoms with Crippen LogP contribution < -0.4 is 10.6 Å². The summed E-state index contributed by atoms with van der Waals surface area (Å²) in [4.78, 5) is 24.2. The topological polar surface area (TPSA) is 173 Å². The van der Waals surface area contributed by atoms with Crippen LogP contribution in [0.3, 0.4) is 0 Å². The monoisotopic (exact) mass is 572 g/mol. The lowest BCUT2D eigenvalue weighted by atomic mass is 9.43. The lowest BCUT2D eigenvalue weighted by Crippen LogP contribution is -2.62. The minimum Gasteiger partial charge on any atom is -0.393 e. The highest BCUT2D eigenvalue weighted by Gasteiger charge is 2.65. The first-order chi connectivity index (χ1) is 18.2. The van der Waals surface area contributed by atoms with Gasteiger partial charge < -0.3 is 26.0 Å². The third-order valence-electron chi connectivity index (χ3n) is 11.5. The van der Waals surface area contributed by atoms with E-state index in [4.69, 9.17) is 4.55 Å². The summed E-state index contributed by atoms with van der Waals surface area (Å²) in [5, 5.41) is 38.3. The van der Waals surface area contributed by atoms with Crippen LogP contribution in [-0.2, 0) is 19.7 Å². The maximum absolute atomic E-state index is 12.4. The van der Waals surface area contributed by atoms with E-state index < -0.39 is 34.0 Å². The van der Waals surface area contributed by atoms with Crippen LogP contribution in [0.4, 0.5) is 0 Å². The van der Waals surface area contributed by atoms with Gasteiger partial charge in [-0.05, 0) is 97.7 Å². The first kappa shape index (κ1) is 30.7. The molecule has 4 aliphatic carbocycles. The molecule has 0 spiro atoms. The fourth-order valence-electron chi connectivity index (χ4n) is 9.34. The van der Waals surface area contributed by atoms with Crippen LogP contribution in [0, 0.1) is 46.3 Å². The second-order valence-electron chi connectivity index (χ2n) is 13.5. The molecule has 0 radical (unpaired) electrons. The lowest BCUT2D eigenvalue weighted by Gasteiger charge is -2.63. The summed E-state index contributed by atoms with van der Waals surface area (Å²) in [7, 11) is -4.16. The molecule has 10 nitrogen and oxygen atoms in total. The Morgan fingerprint density at radius 1 is 0.974 bits per heavy atom. The molecule has 11 atom stereocenters. The van der Waals surface area contributed by atoms with Gasteiger partial charge in [-0.2, -0.15) is 8.42 Å². The molecule has 0 heterocycles. The maximum Gasteiger partial charge on any atom is 0.266 e. The Labute approximate surface area is 232 Å². The largest absolute Gasteiger partial charge is 0.393 e. The second-order valence-corrected chi connectivity index (χ2v) is 15.0. The molecule has 0 bridgehead atoms. The Morgan fingerprint density at radius 2 is 1.69 bits per heavy atom. The molecule has 39 heavy (non-hydrogen) atoms. The number of carbonyl (C=O) groups excluding carboxylic acids is 2. The molecule has 2 amide bonds. The highest BCUT2D eigenvalue weighted by Crippen LogP contribution is 2.68. The molecular formula is C28H48N2O8S. The molecule has 11 heteroatoms. The van der Waals surface area contributed by atoms with Gasteiger partial charge in [0.05, 0.1) is 30.6 Å². The van der Waals surface area contributed by atoms with E-state index in [9.17, 15) is 33.3 Å². The molecule has 0 aliphatic heterocycles. The first-order valence-corrected chi connectivity index (χ1v) is 16.3. The molecule has 0 aromatic rings. The van der Waals surface area contributed by atoms with E-state index in [-0.39, 0.29) is 77.9 Å². The van der Waals surface area contributed by atoms with Crippen molar-refractivity contribution in [3.63, 3.8) is 0 Å². The fourth-order valence-corrected chi connectivity index (χ4v) is 9.70. The van der Waals surface area contributed by atoms with Crippen LogP contribution in [0.25, 0.3) is 0 Å². The van der Waals surface area contributed by atoms with E-state index >= 15 is 0 Å². The first-order valence-electron chi connectivity index (χ1n) is 14.7. The predicted octanol–water partition coefficient (Wildman–Crippen LogP) is 1.48. The molecule has 4 aliphatic rings. The van der Waals surface area contributed by atoms with Crippen molar-refractivity contribution in [2.75, 3.05) is 18.8 Å². The van der Waals surface area contributed by atoms with E-state index in [1.165, 1.54) is 0 Å². The molecule has 4 rings (SSSR count). The maximum atomic E-state index is 12.4. The Kier molecular flexibility index (Phi) is 9.08. The normalized spacial score (nSPS) is 42.5. The molecule has 224 valence electrons. The third kappa shape index (κ3) is 6.17. The zero-order chi connectivity index (χ0) is 28.8. The van der Waals surface area contributed by atoms with Gasteiger partial charge in [0.15, 0.2) is 0 Å². The summed E-state index contributed by atoms with van der Waals surface area (Å²) in [6.07, 6.45) is 5.44. The number of carbonyl (C=O) groups is 2. The molecule has 4 saturated carbocycles. The molecule has 0 aromatic heterocycles. The summed E-state index contributed by atoms with van der Waals surface area (Å²) in [5.41, 5.74) is -0.297. The SMILES string of the molecule is CC(CCC(=O)NCC(=O)NCCS(=O)(=O)O)C1CCC2C3C(O)CC4CC(O)CCC4(C)C3CC(O)C12C. The van der Waals surface area contributed by atoms with Crippen molar-refractivity contribution in [2.24, 2.45) is 46.3 Å². The van der Waals surface area contributed by atoms with E-state index in [1.54, 1.807) is 0 Å². The van der Waals surface area contributed by atoms with Crippen molar-refractivity contribution in [1.29, 1.82) is 0 Å². The molecule has 11 unspecified atom stereocenters. The van der Waals surface area contributed by atoms with Crippen LogP contribution in [0.15, 0.2) is 0 Å². The van der Waals surface area contributed by atoms with Crippen LogP contribution in [-0.4, -0.2) is 77.3 Å². The minimum absolute atomic E-state index is 0.0336. The van der Waals surface area contributed by atoms with E-state index in [1.807, 2.05) is 0 Å². The van der Waals surface area contributed by atoms with Crippen molar-refractivity contribution in [1.82, 2.24) is 10.6 Å². The fraction of sp³-hybridized carbons (Fsp3) is 0.929. The summed E-state index contributed by atoms with van der Waals surface area (Å²) in [5.74, 6) is -0.0801. The van der Waals surface area contributed by atoms with Gasteiger partial charge >= 0.3 is 0 Å². The zero-order valence-electron chi connectivity index (χ0n) is 23.5. The molecule has 0 saturated heterocycles. The van der Waals surface area contributed by atoms with E-state index in [2.05, 4.69) is 31.4 Å². The van der Waals surface area contributed by atoms with Crippen molar-refractivity contribution in [2.45, 2.75) is 96.9 Å². The average Bonchev–Trinajstić information content (AvgIpc) is 3.20. The van der Waals surface area contributed by atoms with Gasteiger partial charge in [-0.3, -0.25) is 14.1 Å². The van der Waals surface area contributed by atoms with Gasteiger partial charge in [-0.15, -0.1) is 0 Å². The second kappa shape index (κ2) is 11.5. The van der Waals surface area contributed by atoms with E-state index in [0.29, 0.717) is 12.8 Å². The van der Waals surface area contributed by atoms with Crippen molar-refractivity contribution in [3.05, 3.63) is 0 Å². The molecule has 6 N–H and O–H groups in total. The Morgan fingerprint density at radius 3 is 2.38 bits per heavy atom. The van der Waals surface area contributed by atoms with Crippen molar-refractivity contribution >= 4 is 21.9 Å². The van der Waals surface area contributed by atoms with Crippen LogP contribution >= 0.6 is 0 Å². The quantitative estimate of drug-likeness (QED) is 0.225. The summed E-state index contributed by atoms with van der Waals surface area (Å²) in [6, 6.07) is 0. The summed E-state index contributed by atoms with van der Waals surface area (Å²) >= 11 is 0. The van der Waals surface area contributed by atoms with Crippen molar-refractivity contribution in [3.8, 4) is 0 Å². The number of amides is 2. The summed E-state index contributed by atoms with van der Waals surface area (Å²) in [6.45, 7) is 6.15. The number of rotatable bonds is 9. The predicted molar refractivity (Wildman–Crippen MR) is 145 cm³/mol. The van der Waals surface area contributed by atoms with Gasteiger partial charge in [-0.1, -0.05) is 20.8 Å². The Bertz CT molecular complexity index is 1020. The molecular weight excluding hydrogens is 524 g/mol.